The number of halogens is 1. The van der Waals surface area contributed by atoms with E-state index in [0.29, 0.717) is 5.57 Å². The van der Waals surface area contributed by atoms with Gasteiger partial charge in [0.05, 0.1) is 0 Å². The summed E-state index contributed by atoms with van der Waals surface area (Å²) in [4.78, 5) is 0. The number of allylic oxidation sites excluding steroid dienone is 9. The van der Waals surface area contributed by atoms with Crippen LogP contribution in [0.25, 0.3) is 0 Å². The summed E-state index contributed by atoms with van der Waals surface area (Å²) in [7, 11) is 0. The SMILES string of the molecule is C=C\C=C/C=C(C)/C(F)=C/C=C\C. The molecule has 0 saturated carbocycles. The van der Waals surface area contributed by atoms with E-state index in [4.69, 9.17) is 0 Å². The summed E-state index contributed by atoms with van der Waals surface area (Å²) in [6.07, 6.45) is 11.8. The van der Waals surface area contributed by atoms with Gasteiger partial charge in [-0.15, -0.1) is 0 Å². The minimum atomic E-state index is -0.216. The van der Waals surface area contributed by atoms with E-state index in [9.17, 15) is 4.39 Å². The quantitative estimate of drug-likeness (QED) is 0.568. The highest BCUT2D eigenvalue weighted by atomic mass is 19.1. The van der Waals surface area contributed by atoms with Crippen molar-refractivity contribution in [2.24, 2.45) is 0 Å². The molecule has 70 valence electrons. The Bertz CT molecular complexity index is 265. The van der Waals surface area contributed by atoms with Gasteiger partial charge in [0, 0.05) is 0 Å². The summed E-state index contributed by atoms with van der Waals surface area (Å²) in [6, 6.07) is 0. The van der Waals surface area contributed by atoms with Crippen LogP contribution in [0.2, 0.25) is 0 Å². The van der Waals surface area contributed by atoms with E-state index in [1.54, 1.807) is 43.4 Å². The average Bonchev–Trinajstić information content (AvgIpc) is 2.14. The fourth-order valence-corrected chi connectivity index (χ4v) is 0.670. The first-order valence-electron chi connectivity index (χ1n) is 4.17. The van der Waals surface area contributed by atoms with Gasteiger partial charge >= 0.3 is 0 Å². The van der Waals surface area contributed by atoms with Crippen molar-refractivity contribution in [3.8, 4) is 0 Å². The van der Waals surface area contributed by atoms with Crippen LogP contribution in [0.5, 0.6) is 0 Å². The Hall–Kier alpha value is -1.37. The van der Waals surface area contributed by atoms with Crippen molar-refractivity contribution in [2.45, 2.75) is 13.8 Å². The molecule has 13 heavy (non-hydrogen) atoms. The van der Waals surface area contributed by atoms with Gasteiger partial charge in [-0.25, -0.2) is 4.39 Å². The maximum absolute atomic E-state index is 13.1. The van der Waals surface area contributed by atoms with Crippen LogP contribution in [0.15, 0.2) is 60.5 Å². The van der Waals surface area contributed by atoms with Crippen molar-refractivity contribution >= 4 is 0 Å². The van der Waals surface area contributed by atoms with Gasteiger partial charge in [-0.3, -0.25) is 0 Å². The van der Waals surface area contributed by atoms with Crippen molar-refractivity contribution in [3.05, 3.63) is 60.5 Å². The molecule has 0 nitrogen and oxygen atoms in total. The second-order valence-electron chi connectivity index (χ2n) is 2.51. The molecule has 0 N–H and O–H groups in total. The molecule has 1 heteroatoms. The average molecular weight is 178 g/mol. The van der Waals surface area contributed by atoms with Crippen molar-refractivity contribution in [2.75, 3.05) is 0 Å². The molecule has 0 saturated heterocycles. The van der Waals surface area contributed by atoms with Crippen LogP contribution in [0.1, 0.15) is 13.8 Å². The molecule has 0 aromatic carbocycles. The lowest BCUT2D eigenvalue weighted by Crippen LogP contribution is -1.74. The van der Waals surface area contributed by atoms with Crippen molar-refractivity contribution in [1.82, 2.24) is 0 Å². The third-order valence-corrected chi connectivity index (χ3v) is 1.41. The fourth-order valence-electron chi connectivity index (χ4n) is 0.670. The lowest BCUT2D eigenvalue weighted by Gasteiger charge is -1.92. The van der Waals surface area contributed by atoms with Crippen LogP contribution in [-0.4, -0.2) is 0 Å². The van der Waals surface area contributed by atoms with Gasteiger partial charge in [0.25, 0.3) is 0 Å². The maximum atomic E-state index is 13.1. The first kappa shape index (κ1) is 11.6. The van der Waals surface area contributed by atoms with E-state index in [-0.39, 0.29) is 5.83 Å². The third kappa shape index (κ3) is 5.85. The number of hydrogen-bond acceptors (Lipinski definition) is 0. The molecule has 0 fully saturated rings. The van der Waals surface area contributed by atoms with Crippen LogP contribution in [-0.2, 0) is 0 Å². The molecule has 0 rings (SSSR count). The van der Waals surface area contributed by atoms with Gasteiger partial charge in [-0.1, -0.05) is 43.0 Å². The Kier molecular flexibility index (Phi) is 6.52. The molecule has 0 aliphatic rings. The lowest BCUT2D eigenvalue weighted by molar-refractivity contribution is 0.652. The van der Waals surface area contributed by atoms with Gasteiger partial charge in [-0.05, 0) is 25.5 Å². The van der Waals surface area contributed by atoms with Crippen LogP contribution < -0.4 is 0 Å². The van der Waals surface area contributed by atoms with Crippen LogP contribution in [0.3, 0.4) is 0 Å². The molecule has 0 bridgehead atoms. The highest BCUT2D eigenvalue weighted by molar-refractivity contribution is 5.30. The number of hydrogen-bond donors (Lipinski definition) is 0. The van der Waals surface area contributed by atoms with Crippen LogP contribution in [0, 0.1) is 0 Å². The van der Waals surface area contributed by atoms with Crippen LogP contribution in [0.4, 0.5) is 4.39 Å². The topological polar surface area (TPSA) is 0 Å². The molecule has 0 unspecified atom stereocenters. The highest BCUT2D eigenvalue weighted by Crippen LogP contribution is 2.10. The minimum Gasteiger partial charge on any atom is -0.207 e. The molecule has 0 aliphatic heterocycles. The van der Waals surface area contributed by atoms with Gasteiger partial charge in [0.1, 0.15) is 5.83 Å². The highest BCUT2D eigenvalue weighted by Gasteiger charge is 1.92. The van der Waals surface area contributed by atoms with Gasteiger partial charge in [0.15, 0.2) is 0 Å². The number of rotatable bonds is 4. The van der Waals surface area contributed by atoms with E-state index in [1.165, 1.54) is 6.08 Å². The van der Waals surface area contributed by atoms with E-state index >= 15 is 0 Å². The molecular formula is C12H15F. The maximum Gasteiger partial charge on any atom is 0.126 e. The Labute approximate surface area is 79.5 Å². The summed E-state index contributed by atoms with van der Waals surface area (Å²) in [5, 5.41) is 0. The normalized spacial score (nSPS) is 14.4. The molecule has 0 amide bonds. The standard InChI is InChI=1S/C12H15F/c1-4-6-8-9-11(3)12(13)10-7-5-2/h4-10H,1H2,2-3H3/b7-5-,8-6-,11-9+,12-10-. The Morgan fingerprint density at radius 1 is 1.15 bits per heavy atom. The fraction of sp³-hybridized carbons (Fsp3) is 0.167. The molecule has 0 atom stereocenters. The molecule has 0 heterocycles. The third-order valence-electron chi connectivity index (χ3n) is 1.41. The molecule has 0 aromatic rings. The summed E-state index contributed by atoms with van der Waals surface area (Å²) in [5.41, 5.74) is 0.608. The van der Waals surface area contributed by atoms with E-state index in [0.717, 1.165) is 0 Å². The Morgan fingerprint density at radius 2 is 1.85 bits per heavy atom. The molecule has 0 aromatic heterocycles. The first-order valence-corrected chi connectivity index (χ1v) is 4.17. The van der Waals surface area contributed by atoms with Gasteiger partial charge < -0.3 is 0 Å². The first-order chi connectivity index (χ1) is 6.22. The van der Waals surface area contributed by atoms with Crippen LogP contribution >= 0.6 is 0 Å². The zero-order valence-corrected chi connectivity index (χ0v) is 8.13. The van der Waals surface area contributed by atoms with Crippen molar-refractivity contribution < 1.29 is 4.39 Å². The molecular weight excluding hydrogens is 163 g/mol. The smallest absolute Gasteiger partial charge is 0.126 e. The van der Waals surface area contributed by atoms with Gasteiger partial charge in [0.2, 0.25) is 0 Å². The molecule has 0 radical (unpaired) electrons. The molecule has 0 aliphatic carbocycles. The monoisotopic (exact) mass is 178 g/mol. The second-order valence-corrected chi connectivity index (χ2v) is 2.51. The molecule has 0 spiro atoms. The summed E-state index contributed by atoms with van der Waals surface area (Å²) < 4.78 is 13.1. The predicted octanol–water partition coefficient (Wildman–Crippen LogP) is 4.10. The summed E-state index contributed by atoms with van der Waals surface area (Å²) in [6.45, 7) is 7.09. The van der Waals surface area contributed by atoms with E-state index in [1.807, 2.05) is 6.92 Å². The van der Waals surface area contributed by atoms with E-state index in [2.05, 4.69) is 6.58 Å². The van der Waals surface area contributed by atoms with Crippen molar-refractivity contribution in [1.29, 1.82) is 0 Å². The summed E-state index contributed by atoms with van der Waals surface area (Å²) >= 11 is 0. The Balaban J connectivity index is 4.39. The summed E-state index contributed by atoms with van der Waals surface area (Å²) in [5.74, 6) is -0.216. The Morgan fingerprint density at radius 3 is 2.38 bits per heavy atom. The predicted molar refractivity (Wildman–Crippen MR) is 57.1 cm³/mol. The lowest BCUT2D eigenvalue weighted by atomic mass is 10.2. The largest absolute Gasteiger partial charge is 0.207 e. The van der Waals surface area contributed by atoms with Crippen molar-refractivity contribution in [3.63, 3.8) is 0 Å². The van der Waals surface area contributed by atoms with Gasteiger partial charge in [-0.2, -0.15) is 0 Å². The zero-order valence-electron chi connectivity index (χ0n) is 8.13. The second kappa shape index (κ2) is 7.29. The minimum absolute atomic E-state index is 0.216. The van der Waals surface area contributed by atoms with E-state index < -0.39 is 0 Å². The zero-order chi connectivity index (χ0) is 10.1.